The average molecular weight is 264 g/mol. The van der Waals surface area contributed by atoms with Crippen LogP contribution in [0.2, 0.25) is 0 Å². The first-order valence-corrected chi connectivity index (χ1v) is 6.48. The van der Waals surface area contributed by atoms with E-state index in [1.165, 1.54) is 0 Å². The number of amides is 1. The molecule has 0 aromatic heterocycles. The molecule has 5 heteroatoms. The zero-order valence-electron chi connectivity index (χ0n) is 11.4. The molecule has 0 atom stereocenters. The van der Waals surface area contributed by atoms with E-state index >= 15 is 0 Å². The van der Waals surface area contributed by atoms with Gasteiger partial charge in [-0.2, -0.15) is 0 Å². The van der Waals surface area contributed by atoms with Gasteiger partial charge in [0, 0.05) is 24.8 Å². The third kappa shape index (κ3) is 3.30. The average Bonchev–Trinajstić information content (AvgIpc) is 2.98. The number of benzene rings is 1. The fraction of sp³-hybridized carbons (Fsp3) is 0.500. The lowest BCUT2D eigenvalue weighted by Crippen LogP contribution is -2.32. The molecule has 0 unspecified atom stereocenters. The van der Waals surface area contributed by atoms with Gasteiger partial charge in [-0.05, 0) is 25.0 Å². The lowest BCUT2D eigenvalue weighted by atomic mass is 10.2. The molecular formula is C14H20N2O3. The van der Waals surface area contributed by atoms with Gasteiger partial charge in [0.15, 0.2) is 11.5 Å². The van der Waals surface area contributed by atoms with Crippen LogP contribution >= 0.6 is 0 Å². The van der Waals surface area contributed by atoms with E-state index in [1.807, 2.05) is 23.1 Å². The SMILES string of the molecule is COc1ccc(NCC(=O)N2CCCC2)cc1OC. The third-order valence-electron chi connectivity index (χ3n) is 3.29. The van der Waals surface area contributed by atoms with Gasteiger partial charge in [-0.25, -0.2) is 0 Å². The Kier molecular flexibility index (Phi) is 4.49. The van der Waals surface area contributed by atoms with Gasteiger partial charge in [-0.1, -0.05) is 0 Å². The van der Waals surface area contributed by atoms with Crippen LogP contribution in [0.5, 0.6) is 11.5 Å². The van der Waals surface area contributed by atoms with Gasteiger partial charge in [-0.3, -0.25) is 4.79 Å². The molecule has 1 fully saturated rings. The summed E-state index contributed by atoms with van der Waals surface area (Å²) in [7, 11) is 3.19. The third-order valence-corrected chi connectivity index (χ3v) is 3.29. The quantitative estimate of drug-likeness (QED) is 0.880. The van der Waals surface area contributed by atoms with Crippen LogP contribution in [0.3, 0.4) is 0 Å². The predicted molar refractivity (Wildman–Crippen MR) is 73.8 cm³/mol. The van der Waals surface area contributed by atoms with E-state index < -0.39 is 0 Å². The summed E-state index contributed by atoms with van der Waals surface area (Å²) < 4.78 is 10.4. The van der Waals surface area contributed by atoms with Crippen LogP contribution in [0.1, 0.15) is 12.8 Å². The van der Waals surface area contributed by atoms with E-state index in [1.54, 1.807) is 14.2 Å². The van der Waals surface area contributed by atoms with Crippen molar-refractivity contribution >= 4 is 11.6 Å². The number of likely N-dealkylation sites (tertiary alicyclic amines) is 1. The predicted octanol–water partition coefficient (Wildman–Crippen LogP) is 1.74. The molecule has 0 spiro atoms. The highest BCUT2D eigenvalue weighted by Crippen LogP contribution is 2.29. The Balaban J connectivity index is 1.93. The summed E-state index contributed by atoms with van der Waals surface area (Å²) in [6.07, 6.45) is 2.23. The summed E-state index contributed by atoms with van der Waals surface area (Å²) in [5.74, 6) is 1.48. The Morgan fingerprint density at radius 1 is 1.21 bits per heavy atom. The molecule has 104 valence electrons. The van der Waals surface area contributed by atoms with Crippen LogP contribution in [0.15, 0.2) is 18.2 Å². The van der Waals surface area contributed by atoms with Gasteiger partial charge in [0.1, 0.15) is 0 Å². The van der Waals surface area contributed by atoms with Crippen LogP contribution in [0.25, 0.3) is 0 Å². The number of carbonyl (C=O) groups is 1. The van der Waals surface area contributed by atoms with E-state index in [0.29, 0.717) is 18.0 Å². The normalized spacial score (nSPS) is 14.3. The summed E-state index contributed by atoms with van der Waals surface area (Å²) >= 11 is 0. The van der Waals surface area contributed by atoms with E-state index in [-0.39, 0.29) is 5.91 Å². The second kappa shape index (κ2) is 6.31. The van der Waals surface area contributed by atoms with Gasteiger partial charge >= 0.3 is 0 Å². The monoisotopic (exact) mass is 264 g/mol. The van der Waals surface area contributed by atoms with E-state index in [2.05, 4.69) is 5.32 Å². The van der Waals surface area contributed by atoms with Crippen molar-refractivity contribution in [1.29, 1.82) is 0 Å². The van der Waals surface area contributed by atoms with Crippen LogP contribution < -0.4 is 14.8 Å². The lowest BCUT2D eigenvalue weighted by Gasteiger charge is -2.16. The molecule has 0 radical (unpaired) electrons. The molecule has 0 aliphatic carbocycles. The highest BCUT2D eigenvalue weighted by Gasteiger charge is 2.17. The molecule has 1 aliphatic rings. The minimum absolute atomic E-state index is 0.146. The molecule has 2 rings (SSSR count). The van der Waals surface area contributed by atoms with Gasteiger partial charge in [0.25, 0.3) is 0 Å². The highest BCUT2D eigenvalue weighted by atomic mass is 16.5. The number of nitrogens with zero attached hydrogens (tertiary/aromatic N) is 1. The number of methoxy groups -OCH3 is 2. The Morgan fingerprint density at radius 3 is 2.53 bits per heavy atom. The minimum atomic E-state index is 0.146. The fourth-order valence-electron chi connectivity index (χ4n) is 2.20. The summed E-state index contributed by atoms with van der Waals surface area (Å²) in [6, 6.07) is 5.52. The minimum Gasteiger partial charge on any atom is -0.493 e. The first-order chi connectivity index (χ1) is 9.24. The van der Waals surface area contributed by atoms with Crippen molar-refractivity contribution in [3.63, 3.8) is 0 Å². The van der Waals surface area contributed by atoms with E-state index in [9.17, 15) is 4.79 Å². The van der Waals surface area contributed by atoms with Crippen LogP contribution in [-0.4, -0.2) is 44.7 Å². The molecule has 0 saturated carbocycles. The molecule has 0 bridgehead atoms. The van der Waals surface area contributed by atoms with Crippen molar-refractivity contribution in [1.82, 2.24) is 4.90 Å². The maximum absolute atomic E-state index is 11.9. The van der Waals surface area contributed by atoms with Crippen LogP contribution in [-0.2, 0) is 4.79 Å². The Morgan fingerprint density at radius 2 is 1.89 bits per heavy atom. The first-order valence-electron chi connectivity index (χ1n) is 6.48. The second-order valence-electron chi connectivity index (χ2n) is 4.51. The Labute approximate surface area is 113 Å². The summed E-state index contributed by atoms with van der Waals surface area (Å²) in [4.78, 5) is 13.8. The van der Waals surface area contributed by atoms with E-state index in [4.69, 9.17) is 9.47 Å². The molecule has 1 aliphatic heterocycles. The van der Waals surface area contributed by atoms with Crippen molar-refractivity contribution in [3.05, 3.63) is 18.2 Å². The molecule has 1 aromatic rings. The van der Waals surface area contributed by atoms with Crippen molar-refractivity contribution < 1.29 is 14.3 Å². The zero-order chi connectivity index (χ0) is 13.7. The molecule has 1 N–H and O–H groups in total. The summed E-state index contributed by atoms with van der Waals surface area (Å²) in [5.41, 5.74) is 0.852. The van der Waals surface area contributed by atoms with Crippen molar-refractivity contribution in [2.45, 2.75) is 12.8 Å². The molecule has 1 amide bonds. The van der Waals surface area contributed by atoms with Gasteiger partial charge in [0.2, 0.25) is 5.91 Å². The second-order valence-corrected chi connectivity index (χ2v) is 4.51. The number of ether oxygens (including phenoxy) is 2. The van der Waals surface area contributed by atoms with Crippen molar-refractivity contribution in [2.75, 3.05) is 39.2 Å². The summed E-state index contributed by atoms with van der Waals surface area (Å²) in [6.45, 7) is 2.08. The molecule has 1 heterocycles. The van der Waals surface area contributed by atoms with E-state index in [0.717, 1.165) is 31.6 Å². The van der Waals surface area contributed by atoms with Crippen molar-refractivity contribution in [3.8, 4) is 11.5 Å². The lowest BCUT2D eigenvalue weighted by molar-refractivity contribution is -0.128. The number of hydrogen-bond donors (Lipinski definition) is 1. The number of anilines is 1. The molecule has 1 saturated heterocycles. The topological polar surface area (TPSA) is 50.8 Å². The highest BCUT2D eigenvalue weighted by molar-refractivity contribution is 5.81. The van der Waals surface area contributed by atoms with Crippen molar-refractivity contribution in [2.24, 2.45) is 0 Å². The molecule has 1 aromatic carbocycles. The smallest absolute Gasteiger partial charge is 0.241 e. The molecule has 19 heavy (non-hydrogen) atoms. The fourth-order valence-corrected chi connectivity index (χ4v) is 2.20. The number of hydrogen-bond acceptors (Lipinski definition) is 4. The number of rotatable bonds is 5. The Bertz CT molecular complexity index is 442. The number of carbonyl (C=O) groups excluding carboxylic acids is 1. The maximum atomic E-state index is 11.9. The first kappa shape index (κ1) is 13.5. The standard InChI is InChI=1S/C14H20N2O3/c1-18-12-6-5-11(9-13(12)19-2)15-10-14(17)16-7-3-4-8-16/h5-6,9,15H,3-4,7-8,10H2,1-2H3. The molecular weight excluding hydrogens is 244 g/mol. The number of nitrogens with one attached hydrogen (secondary N) is 1. The largest absolute Gasteiger partial charge is 0.493 e. The van der Waals surface area contributed by atoms with Crippen LogP contribution in [0.4, 0.5) is 5.69 Å². The van der Waals surface area contributed by atoms with Gasteiger partial charge in [-0.15, -0.1) is 0 Å². The van der Waals surface area contributed by atoms with Crippen LogP contribution in [0, 0.1) is 0 Å². The Hall–Kier alpha value is -1.91. The van der Waals surface area contributed by atoms with Gasteiger partial charge < -0.3 is 19.7 Å². The summed E-state index contributed by atoms with van der Waals surface area (Å²) in [5, 5.41) is 3.12. The van der Waals surface area contributed by atoms with Gasteiger partial charge in [0.05, 0.1) is 20.8 Å². The molecule has 5 nitrogen and oxygen atoms in total. The maximum Gasteiger partial charge on any atom is 0.241 e. The zero-order valence-corrected chi connectivity index (χ0v) is 11.4.